The molecule has 0 aromatic heterocycles. The lowest BCUT2D eigenvalue weighted by Gasteiger charge is -2.29. The molecule has 4 nitrogen and oxygen atoms in total. The third-order valence-electron chi connectivity index (χ3n) is 5.25. The fourth-order valence-corrected chi connectivity index (χ4v) is 3.70. The second-order valence-electron chi connectivity index (χ2n) is 9.45. The largest absolute Gasteiger partial charge is 0.443 e. The van der Waals surface area contributed by atoms with E-state index in [9.17, 15) is 31.1 Å². The summed E-state index contributed by atoms with van der Waals surface area (Å²) in [5.74, 6) is 0. The summed E-state index contributed by atoms with van der Waals surface area (Å²) in [7, 11) is 0. The molecule has 1 aliphatic rings. The first-order valence-electron chi connectivity index (χ1n) is 10.8. The van der Waals surface area contributed by atoms with Crippen LogP contribution in [0.1, 0.15) is 63.3 Å². The van der Waals surface area contributed by atoms with Gasteiger partial charge in [-0.3, -0.25) is 4.90 Å². The molecule has 0 fully saturated rings. The van der Waals surface area contributed by atoms with E-state index < -0.39 is 41.2 Å². The third kappa shape index (κ3) is 7.25. The van der Waals surface area contributed by atoms with Gasteiger partial charge in [0, 0.05) is 24.7 Å². The van der Waals surface area contributed by atoms with Crippen LogP contribution < -0.4 is 10.2 Å². The molecule has 0 saturated heterocycles. The molecule has 1 aliphatic heterocycles. The maximum atomic E-state index is 13.6. The number of fused-ring (bicyclic) bond motifs is 1. The third-order valence-corrected chi connectivity index (χ3v) is 5.25. The number of nitrogens with one attached hydrogen (secondary N) is 1. The number of halogens is 6. The number of rotatable bonds is 4. The molecular formula is C24H30F6N2O2. The maximum absolute atomic E-state index is 13.6. The van der Waals surface area contributed by atoms with Gasteiger partial charge in [0.2, 0.25) is 0 Å². The number of benzene rings is 1. The average Bonchev–Trinajstić information content (AvgIpc) is 2.81. The van der Waals surface area contributed by atoms with Crippen LogP contribution >= 0.6 is 0 Å². The normalized spacial score (nSPS) is 17.8. The number of nitrogens with zero attached hydrogens (tertiary/aromatic N) is 1. The van der Waals surface area contributed by atoms with Crippen molar-refractivity contribution in [2.45, 2.75) is 71.5 Å². The summed E-state index contributed by atoms with van der Waals surface area (Å²) in [4.78, 5) is 14.0. The Kier molecular flexibility index (Phi) is 8.17. The smallest absolute Gasteiger partial charge is 0.416 e. The van der Waals surface area contributed by atoms with E-state index >= 15 is 0 Å². The summed E-state index contributed by atoms with van der Waals surface area (Å²) < 4.78 is 84.6. The molecule has 1 aromatic carbocycles. The number of carbonyl (C=O) groups excluding carboxylic acids is 1. The lowest BCUT2D eigenvalue weighted by Crippen LogP contribution is -2.37. The zero-order valence-corrected chi connectivity index (χ0v) is 19.9. The zero-order valence-electron chi connectivity index (χ0n) is 19.9. The van der Waals surface area contributed by atoms with Gasteiger partial charge in [0.1, 0.15) is 5.60 Å². The minimum absolute atomic E-state index is 0.0122. The van der Waals surface area contributed by atoms with Crippen molar-refractivity contribution >= 4 is 11.8 Å². The van der Waals surface area contributed by atoms with Crippen LogP contribution in [-0.2, 0) is 10.9 Å². The molecule has 0 aliphatic carbocycles. The van der Waals surface area contributed by atoms with Crippen molar-refractivity contribution in [3.8, 4) is 0 Å². The molecule has 10 heteroatoms. The van der Waals surface area contributed by atoms with Crippen molar-refractivity contribution in [3.05, 3.63) is 52.6 Å². The minimum atomic E-state index is -4.62. The number of hydrogen-bond acceptors (Lipinski definition) is 3. The molecule has 1 atom stereocenters. The molecule has 0 radical (unpaired) electrons. The van der Waals surface area contributed by atoms with Crippen LogP contribution in [0.5, 0.6) is 0 Å². The predicted molar refractivity (Wildman–Crippen MR) is 119 cm³/mol. The lowest BCUT2D eigenvalue weighted by molar-refractivity contribution is -0.138. The quantitative estimate of drug-likeness (QED) is 0.356. The topological polar surface area (TPSA) is 41.6 Å². The van der Waals surface area contributed by atoms with Crippen LogP contribution in [0.2, 0.25) is 0 Å². The van der Waals surface area contributed by atoms with Gasteiger partial charge < -0.3 is 10.1 Å². The summed E-state index contributed by atoms with van der Waals surface area (Å²) >= 11 is 0. The van der Waals surface area contributed by atoms with Gasteiger partial charge in [-0.2, -0.15) is 26.3 Å². The molecule has 0 spiro atoms. The van der Waals surface area contributed by atoms with E-state index in [-0.39, 0.29) is 24.3 Å². The van der Waals surface area contributed by atoms with Gasteiger partial charge in [-0.15, -0.1) is 0 Å². The first kappa shape index (κ1) is 27.8. The van der Waals surface area contributed by atoms with Crippen molar-refractivity contribution in [1.29, 1.82) is 0 Å². The number of carbonyl (C=O) groups is 1. The Bertz CT molecular complexity index is 958. The second-order valence-corrected chi connectivity index (χ2v) is 9.45. The Morgan fingerprint density at radius 2 is 1.82 bits per heavy atom. The molecule has 0 bridgehead atoms. The average molecular weight is 493 g/mol. The van der Waals surface area contributed by atoms with E-state index in [1.54, 1.807) is 20.8 Å². The first-order valence-corrected chi connectivity index (χ1v) is 10.8. The summed E-state index contributed by atoms with van der Waals surface area (Å²) in [6.07, 6.45) is -8.09. The van der Waals surface area contributed by atoms with E-state index in [0.29, 0.717) is 24.0 Å². The van der Waals surface area contributed by atoms with Crippen LogP contribution in [0.4, 0.5) is 36.8 Å². The maximum Gasteiger partial charge on any atom is 0.416 e. The Morgan fingerprint density at radius 1 is 1.21 bits per heavy atom. The van der Waals surface area contributed by atoms with Gasteiger partial charge in [-0.25, -0.2) is 4.79 Å². The summed E-state index contributed by atoms with van der Waals surface area (Å²) in [6.45, 7) is 11.0. The zero-order chi connectivity index (χ0) is 26.1. The highest BCUT2D eigenvalue weighted by Crippen LogP contribution is 2.41. The molecule has 2 rings (SSSR count). The van der Waals surface area contributed by atoms with Crippen LogP contribution in [0, 0.1) is 6.92 Å². The van der Waals surface area contributed by atoms with Crippen molar-refractivity contribution < 1.29 is 35.9 Å². The number of anilines is 1. The fraction of sp³-hybridized carbons (Fsp3) is 0.542. The molecular weight excluding hydrogens is 462 g/mol. The number of hydrogen-bond donors (Lipinski definition) is 1. The number of allylic oxidation sites excluding steroid dienone is 2. The van der Waals surface area contributed by atoms with Gasteiger partial charge in [0.25, 0.3) is 0 Å². The summed E-state index contributed by atoms with van der Waals surface area (Å²) in [5.41, 5.74) is -1.82. The monoisotopic (exact) mass is 492 g/mol. The number of amides is 1. The summed E-state index contributed by atoms with van der Waals surface area (Å²) in [6, 6.07) is 1.85. The molecule has 1 amide bonds. The second kappa shape index (κ2) is 10.0. The van der Waals surface area contributed by atoms with Crippen LogP contribution in [0.25, 0.3) is 0 Å². The van der Waals surface area contributed by atoms with Crippen molar-refractivity contribution in [2.24, 2.45) is 0 Å². The van der Waals surface area contributed by atoms with Crippen LogP contribution in [0.3, 0.4) is 0 Å². The van der Waals surface area contributed by atoms with Gasteiger partial charge >= 0.3 is 18.4 Å². The Hall–Kier alpha value is -2.49. The van der Waals surface area contributed by atoms with Gasteiger partial charge in [-0.05, 0) is 64.7 Å². The standard InChI is InChI=1S/C24H30F6N2O2/c1-14(10-16(3)23(25,26)27)13-31-19-8-7-9-32(21(33)34-22(4,5)6)20-12-18(24(28,29)30)15(2)11-17(19)20/h10-12,19,31H,3,7-9,13H2,1-2,4-6H3/b14-10+. The first-order chi connectivity index (χ1) is 15.4. The number of ether oxygens (including phenoxy) is 1. The molecule has 0 saturated carbocycles. The van der Waals surface area contributed by atoms with Gasteiger partial charge in [0.15, 0.2) is 0 Å². The molecule has 1 heterocycles. The van der Waals surface area contributed by atoms with Crippen molar-refractivity contribution in [3.63, 3.8) is 0 Å². The molecule has 1 aromatic rings. The SMILES string of the molecule is C=C(/C=C(\C)CNC1CCCN(C(=O)OC(C)(C)C)c2cc(C(F)(F)F)c(C)cc21)C(F)(F)F. The van der Waals surface area contributed by atoms with Crippen molar-refractivity contribution in [1.82, 2.24) is 5.32 Å². The predicted octanol–water partition coefficient (Wildman–Crippen LogP) is 7.24. The van der Waals surface area contributed by atoms with E-state index in [0.717, 1.165) is 12.1 Å². The molecule has 1 N–H and O–H groups in total. The van der Waals surface area contributed by atoms with Gasteiger partial charge in [-0.1, -0.05) is 24.3 Å². The highest BCUT2D eigenvalue weighted by Gasteiger charge is 2.37. The Morgan fingerprint density at radius 3 is 2.35 bits per heavy atom. The van der Waals surface area contributed by atoms with Crippen LogP contribution in [-0.4, -0.2) is 31.0 Å². The lowest BCUT2D eigenvalue weighted by atomic mass is 9.95. The van der Waals surface area contributed by atoms with E-state index in [1.165, 1.54) is 24.8 Å². The Labute approximate surface area is 195 Å². The minimum Gasteiger partial charge on any atom is -0.443 e. The van der Waals surface area contributed by atoms with Gasteiger partial charge in [0.05, 0.1) is 11.3 Å². The molecule has 34 heavy (non-hydrogen) atoms. The van der Waals surface area contributed by atoms with Crippen LogP contribution in [0.15, 0.2) is 35.9 Å². The summed E-state index contributed by atoms with van der Waals surface area (Å²) in [5, 5.41) is 3.13. The van der Waals surface area contributed by atoms with E-state index in [2.05, 4.69) is 11.9 Å². The van der Waals surface area contributed by atoms with E-state index in [4.69, 9.17) is 4.74 Å². The number of aryl methyl sites for hydroxylation is 1. The van der Waals surface area contributed by atoms with Crippen molar-refractivity contribution in [2.75, 3.05) is 18.0 Å². The number of alkyl halides is 6. The Balaban J connectivity index is 2.45. The van der Waals surface area contributed by atoms with E-state index in [1.807, 2.05) is 0 Å². The highest BCUT2D eigenvalue weighted by atomic mass is 19.4. The highest BCUT2D eigenvalue weighted by molar-refractivity contribution is 5.89. The molecule has 190 valence electrons. The molecule has 1 unspecified atom stereocenters. The fourth-order valence-electron chi connectivity index (χ4n) is 3.70.